The highest BCUT2D eigenvalue weighted by molar-refractivity contribution is 7.98. The van der Waals surface area contributed by atoms with Crippen LogP contribution in [-0.2, 0) is 10.5 Å². The molecule has 0 bridgehead atoms. The van der Waals surface area contributed by atoms with Crippen LogP contribution in [0.4, 0.5) is 0 Å². The molecule has 0 aliphatic carbocycles. The molecule has 2 aromatic carbocycles. The van der Waals surface area contributed by atoms with Crippen molar-refractivity contribution in [1.29, 1.82) is 0 Å². The van der Waals surface area contributed by atoms with Gasteiger partial charge in [-0.3, -0.25) is 4.79 Å². The monoisotopic (exact) mass is 364 g/mol. The lowest BCUT2D eigenvalue weighted by atomic mass is 10.1. The molecular formula is C21H20N2O2S. The molecule has 0 radical (unpaired) electrons. The second-order valence-electron chi connectivity index (χ2n) is 6.23. The van der Waals surface area contributed by atoms with Gasteiger partial charge in [0.2, 0.25) is 0 Å². The van der Waals surface area contributed by atoms with Crippen molar-refractivity contribution in [3.05, 3.63) is 71.8 Å². The predicted octanol–water partition coefficient (Wildman–Crippen LogP) is 4.00. The van der Waals surface area contributed by atoms with E-state index in [-0.39, 0.29) is 5.91 Å². The first kappa shape index (κ1) is 17.1. The molecule has 1 saturated heterocycles. The van der Waals surface area contributed by atoms with Crippen molar-refractivity contribution in [2.45, 2.75) is 10.8 Å². The van der Waals surface area contributed by atoms with E-state index in [0.717, 1.165) is 27.2 Å². The number of nitrogens with zero attached hydrogens (tertiary/aromatic N) is 2. The van der Waals surface area contributed by atoms with Gasteiger partial charge in [0.1, 0.15) is 0 Å². The van der Waals surface area contributed by atoms with Gasteiger partial charge in [-0.1, -0.05) is 36.4 Å². The summed E-state index contributed by atoms with van der Waals surface area (Å²) in [7, 11) is 0. The molecule has 26 heavy (non-hydrogen) atoms. The largest absolute Gasteiger partial charge is 0.378 e. The Kier molecular flexibility index (Phi) is 5.18. The van der Waals surface area contributed by atoms with Crippen molar-refractivity contribution in [3.8, 4) is 0 Å². The molecule has 0 N–H and O–H groups in total. The van der Waals surface area contributed by atoms with E-state index in [2.05, 4.69) is 23.2 Å². The Morgan fingerprint density at radius 3 is 2.58 bits per heavy atom. The van der Waals surface area contributed by atoms with Crippen LogP contribution in [0.25, 0.3) is 10.9 Å². The minimum atomic E-state index is 0.0868. The predicted molar refractivity (Wildman–Crippen MR) is 104 cm³/mol. The van der Waals surface area contributed by atoms with Crippen molar-refractivity contribution >= 4 is 28.6 Å². The zero-order valence-electron chi connectivity index (χ0n) is 14.4. The second kappa shape index (κ2) is 7.89. The van der Waals surface area contributed by atoms with Crippen LogP contribution >= 0.6 is 11.8 Å². The summed E-state index contributed by atoms with van der Waals surface area (Å²) < 4.78 is 5.30. The first-order valence-corrected chi connectivity index (χ1v) is 9.73. The molecule has 1 aromatic heterocycles. The fraction of sp³-hybridized carbons (Fsp3) is 0.238. The average Bonchev–Trinajstić information content (AvgIpc) is 2.72. The second-order valence-corrected chi connectivity index (χ2v) is 7.23. The summed E-state index contributed by atoms with van der Waals surface area (Å²) in [5.74, 6) is 0.917. The van der Waals surface area contributed by atoms with Gasteiger partial charge in [0.05, 0.1) is 23.8 Å². The third-order valence-electron chi connectivity index (χ3n) is 4.46. The fourth-order valence-electron chi connectivity index (χ4n) is 2.98. The van der Waals surface area contributed by atoms with Gasteiger partial charge in [0, 0.05) is 29.8 Å². The summed E-state index contributed by atoms with van der Waals surface area (Å²) in [5.41, 5.74) is 2.94. The third kappa shape index (κ3) is 3.89. The molecule has 2 heterocycles. The molecule has 5 heteroatoms. The molecule has 0 unspecified atom stereocenters. The van der Waals surface area contributed by atoms with Crippen LogP contribution in [0.5, 0.6) is 0 Å². The highest BCUT2D eigenvalue weighted by atomic mass is 32.2. The molecule has 0 spiro atoms. The Bertz CT molecular complexity index is 905. The summed E-state index contributed by atoms with van der Waals surface area (Å²) in [6, 6.07) is 20.2. The fourth-order valence-corrected chi connectivity index (χ4v) is 3.81. The summed E-state index contributed by atoms with van der Waals surface area (Å²) in [6.07, 6.45) is 0. The molecule has 4 nitrogen and oxygen atoms in total. The molecule has 0 saturated carbocycles. The van der Waals surface area contributed by atoms with Gasteiger partial charge in [-0.05, 0) is 29.8 Å². The van der Waals surface area contributed by atoms with Gasteiger partial charge in [-0.25, -0.2) is 4.98 Å². The van der Waals surface area contributed by atoms with Crippen LogP contribution < -0.4 is 0 Å². The molecular weight excluding hydrogens is 344 g/mol. The highest BCUT2D eigenvalue weighted by Gasteiger charge is 2.18. The molecule has 1 amide bonds. The quantitative estimate of drug-likeness (QED) is 0.656. The summed E-state index contributed by atoms with van der Waals surface area (Å²) in [6.45, 7) is 2.59. The number of carbonyl (C=O) groups excluding carboxylic acids is 1. The Balaban J connectivity index is 1.39. The van der Waals surface area contributed by atoms with Crippen molar-refractivity contribution in [3.63, 3.8) is 0 Å². The minimum absolute atomic E-state index is 0.0868. The number of morpholine rings is 1. The molecule has 3 aromatic rings. The van der Waals surface area contributed by atoms with Gasteiger partial charge in [-0.15, -0.1) is 11.8 Å². The minimum Gasteiger partial charge on any atom is -0.378 e. The van der Waals surface area contributed by atoms with Crippen LogP contribution in [0.2, 0.25) is 0 Å². The van der Waals surface area contributed by atoms with Crippen LogP contribution in [0, 0.1) is 0 Å². The van der Waals surface area contributed by atoms with Gasteiger partial charge in [0.25, 0.3) is 5.91 Å². The average molecular weight is 364 g/mol. The topological polar surface area (TPSA) is 42.4 Å². The number of hydrogen-bond acceptors (Lipinski definition) is 4. The Morgan fingerprint density at radius 1 is 1.00 bits per heavy atom. The van der Waals surface area contributed by atoms with E-state index >= 15 is 0 Å². The van der Waals surface area contributed by atoms with Crippen molar-refractivity contribution in [2.75, 3.05) is 26.3 Å². The number of benzene rings is 2. The van der Waals surface area contributed by atoms with Crippen LogP contribution in [-0.4, -0.2) is 42.1 Å². The SMILES string of the molecule is O=C(c1ccc(CSc2ccc3ccccc3n2)cc1)N1CCOCC1. The van der Waals surface area contributed by atoms with Gasteiger partial charge >= 0.3 is 0 Å². The lowest BCUT2D eigenvalue weighted by molar-refractivity contribution is 0.0303. The number of aromatic nitrogens is 1. The van der Waals surface area contributed by atoms with Gasteiger partial charge in [-0.2, -0.15) is 0 Å². The van der Waals surface area contributed by atoms with Gasteiger partial charge < -0.3 is 9.64 Å². The number of fused-ring (bicyclic) bond motifs is 1. The number of rotatable bonds is 4. The number of hydrogen-bond donors (Lipinski definition) is 0. The van der Waals surface area contributed by atoms with Crippen molar-refractivity contribution in [1.82, 2.24) is 9.88 Å². The Morgan fingerprint density at radius 2 is 1.77 bits per heavy atom. The Hall–Kier alpha value is -2.37. The van der Waals surface area contributed by atoms with E-state index in [4.69, 9.17) is 4.74 Å². The van der Waals surface area contributed by atoms with Crippen LogP contribution in [0.3, 0.4) is 0 Å². The molecule has 4 rings (SSSR count). The standard InChI is InChI=1S/C21H20N2O2S/c24-21(23-11-13-25-14-12-23)18-7-5-16(6-8-18)15-26-20-10-9-17-3-1-2-4-19(17)22-20/h1-10H,11-15H2. The number of pyridine rings is 1. The van der Waals surface area contributed by atoms with E-state index < -0.39 is 0 Å². The molecule has 1 aliphatic heterocycles. The molecule has 132 valence electrons. The lowest BCUT2D eigenvalue weighted by Gasteiger charge is -2.26. The number of amides is 1. The van der Waals surface area contributed by atoms with Crippen LogP contribution in [0.1, 0.15) is 15.9 Å². The van der Waals surface area contributed by atoms with E-state index in [9.17, 15) is 4.79 Å². The zero-order valence-corrected chi connectivity index (χ0v) is 15.2. The lowest BCUT2D eigenvalue weighted by Crippen LogP contribution is -2.40. The maximum Gasteiger partial charge on any atom is 0.254 e. The number of ether oxygens (including phenoxy) is 1. The van der Waals surface area contributed by atoms with Crippen molar-refractivity contribution < 1.29 is 9.53 Å². The summed E-state index contributed by atoms with van der Waals surface area (Å²) >= 11 is 1.71. The highest BCUT2D eigenvalue weighted by Crippen LogP contribution is 2.24. The van der Waals surface area contributed by atoms with Crippen LogP contribution in [0.15, 0.2) is 65.7 Å². The first-order valence-electron chi connectivity index (χ1n) is 8.74. The molecule has 1 aliphatic rings. The number of para-hydroxylation sites is 1. The molecule has 1 fully saturated rings. The summed E-state index contributed by atoms with van der Waals surface area (Å²) in [4.78, 5) is 19.0. The first-order chi connectivity index (χ1) is 12.8. The maximum absolute atomic E-state index is 12.5. The smallest absolute Gasteiger partial charge is 0.254 e. The zero-order chi connectivity index (χ0) is 17.8. The molecule has 0 atom stereocenters. The normalized spacial score (nSPS) is 14.5. The maximum atomic E-state index is 12.5. The van der Waals surface area contributed by atoms with E-state index in [1.807, 2.05) is 47.4 Å². The number of thioether (sulfide) groups is 1. The number of carbonyl (C=O) groups is 1. The van der Waals surface area contributed by atoms with Gasteiger partial charge in [0.15, 0.2) is 0 Å². The van der Waals surface area contributed by atoms with Crippen molar-refractivity contribution in [2.24, 2.45) is 0 Å². The Labute approximate surface area is 157 Å². The van der Waals surface area contributed by atoms with E-state index in [1.165, 1.54) is 5.56 Å². The summed E-state index contributed by atoms with van der Waals surface area (Å²) in [5, 5.41) is 2.17. The third-order valence-corrected chi connectivity index (χ3v) is 5.46. The van der Waals surface area contributed by atoms with E-state index in [1.54, 1.807) is 11.8 Å². The van der Waals surface area contributed by atoms with E-state index in [0.29, 0.717) is 26.3 Å².